The Morgan fingerprint density at radius 2 is 2.00 bits per heavy atom. The van der Waals surface area contributed by atoms with Gasteiger partial charge in [0.25, 0.3) is 0 Å². The summed E-state index contributed by atoms with van der Waals surface area (Å²) in [5, 5.41) is 3.04. The van der Waals surface area contributed by atoms with Crippen molar-refractivity contribution in [1.82, 2.24) is 0 Å². The smallest absolute Gasteiger partial charge is 0.0703 e. The maximum absolute atomic E-state index is 5.08. The van der Waals surface area contributed by atoms with Gasteiger partial charge in [-0.2, -0.15) is 0 Å². The van der Waals surface area contributed by atoms with Gasteiger partial charge in [0.2, 0.25) is 0 Å². The molecule has 0 fully saturated rings. The molecule has 0 aliphatic rings. The Balaban J connectivity index is 2.72. The number of hydrogen-bond donors (Lipinski definition) is 1. The fraction of sp³-hybridized carbons (Fsp3) is 0.167. The highest BCUT2D eigenvalue weighted by atomic mass is 14.8. The minimum absolute atomic E-state index is 0.508. The number of nitrogens with one attached hydrogen (secondary N) is 1. The van der Waals surface area contributed by atoms with Gasteiger partial charge in [-0.05, 0) is 24.3 Å². The lowest BCUT2D eigenvalue weighted by Gasteiger charge is -1.97. The molecule has 1 aromatic rings. The molecule has 0 spiro atoms. The quantitative estimate of drug-likeness (QED) is 0.635. The summed E-state index contributed by atoms with van der Waals surface area (Å²) in [6, 6.07) is 7.91. The van der Waals surface area contributed by atoms with Crippen LogP contribution in [0.1, 0.15) is 12.0 Å². The molecule has 0 saturated heterocycles. The Hall–Kier alpha value is -1.86. The van der Waals surface area contributed by atoms with E-state index in [1.807, 2.05) is 31.3 Å². The van der Waals surface area contributed by atoms with Gasteiger partial charge in [0.1, 0.15) is 0 Å². The molecule has 1 rings (SSSR count). The van der Waals surface area contributed by atoms with Crippen molar-refractivity contribution >= 4 is 5.69 Å². The second-order valence-corrected chi connectivity index (χ2v) is 2.51. The molecule has 0 unspecified atom stereocenters. The Kier molecular flexibility index (Phi) is 3.48. The first-order chi connectivity index (χ1) is 6.36. The maximum Gasteiger partial charge on any atom is 0.0703 e. The van der Waals surface area contributed by atoms with Crippen molar-refractivity contribution in [3.05, 3.63) is 29.8 Å². The van der Waals surface area contributed by atoms with Crippen LogP contribution in [0.25, 0.3) is 0 Å². The average Bonchev–Trinajstić information content (AvgIpc) is 2.19. The second-order valence-electron chi connectivity index (χ2n) is 2.51. The highest BCUT2D eigenvalue weighted by molar-refractivity contribution is 5.47. The van der Waals surface area contributed by atoms with Crippen molar-refractivity contribution in [2.24, 2.45) is 0 Å². The van der Waals surface area contributed by atoms with Gasteiger partial charge in [0.05, 0.1) is 6.42 Å². The molecule has 1 N–H and O–H groups in total. The van der Waals surface area contributed by atoms with Gasteiger partial charge < -0.3 is 5.32 Å². The first-order valence-corrected chi connectivity index (χ1v) is 4.07. The van der Waals surface area contributed by atoms with Gasteiger partial charge >= 0.3 is 0 Å². The van der Waals surface area contributed by atoms with Crippen LogP contribution in [0.2, 0.25) is 0 Å². The van der Waals surface area contributed by atoms with E-state index in [1.54, 1.807) is 0 Å². The number of hydrogen-bond acceptors (Lipinski definition) is 1. The third-order valence-corrected chi connectivity index (χ3v) is 1.60. The summed E-state index contributed by atoms with van der Waals surface area (Å²) >= 11 is 0. The van der Waals surface area contributed by atoms with E-state index in [0.29, 0.717) is 6.42 Å². The lowest BCUT2D eigenvalue weighted by Crippen LogP contribution is -1.86. The van der Waals surface area contributed by atoms with E-state index >= 15 is 0 Å². The molecule has 0 aliphatic carbocycles. The zero-order valence-corrected chi connectivity index (χ0v) is 7.59. The highest BCUT2D eigenvalue weighted by Crippen LogP contribution is 2.06. The molecule has 0 atom stereocenters. The first kappa shape index (κ1) is 9.23. The molecule has 0 radical (unpaired) electrons. The van der Waals surface area contributed by atoms with Crippen molar-refractivity contribution in [2.45, 2.75) is 6.42 Å². The lowest BCUT2D eigenvalue weighted by atomic mass is 10.2. The van der Waals surface area contributed by atoms with Crippen LogP contribution in [0.3, 0.4) is 0 Å². The van der Waals surface area contributed by atoms with E-state index in [-0.39, 0.29) is 0 Å². The van der Waals surface area contributed by atoms with E-state index in [4.69, 9.17) is 6.42 Å². The van der Waals surface area contributed by atoms with Crippen LogP contribution in [0, 0.1) is 24.2 Å². The monoisotopic (exact) mass is 169 g/mol. The van der Waals surface area contributed by atoms with Crippen LogP contribution in [0.4, 0.5) is 5.69 Å². The molecule has 0 bridgehead atoms. The minimum atomic E-state index is 0.508. The number of rotatable bonds is 1. The molecular weight excluding hydrogens is 158 g/mol. The molecule has 64 valence electrons. The second kappa shape index (κ2) is 4.91. The predicted octanol–water partition coefficient (Wildman–Crippen LogP) is 2.10. The third-order valence-electron chi connectivity index (χ3n) is 1.60. The van der Waals surface area contributed by atoms with Crippen LogP contribution < -0.4 is 5.32 Å². The van der Waals surface area contributed by atoms with E-state index < -0.39 is 0 Å². The van der Waals surface area contributed by atoms with Gasteiger partial charge in [0.15, 0.2) is 0 Å². The van der Waals surface area contributed by atoms with E-state index in [2.05, 4.69) is 23.1 Å². The van der Waals surface area contributed by atoms with Gasteiger partial charge in [0, 0.05) is 18.3 Å². The van der Waals surface area contributed by atoms with Crippen molar-refractivity contribution in [1.29, 1.82) is 0 Å². The van der Waals surface area contributed by atoms with Gasteiger partial charge in [-0.1, -0.05) is 17.8 Å². The molecule has 13 heavy (non-hydrogen) atoms. The molecular formula is C12H11N. The number of anilines is 1. The van der Waals surface area contributed by atoms with Crippen molar-refractivity contribution < 1.29 is 0 Å². The van der Waals surface area contributed by atoms with Crippen LogP contribution in [0.5, 0.6) is 0 Å². The number of benzene rings is 1. The van der Waals surface area contributed by atoms with Crippen LogP contribution in [-0.2, 0) is 0 Å². The van der Waals surface area contributed by atoms with Crippen molar-refractivity contribution in [2.75, 3.05) is 12.4 Å². The lowest BCUT2D eigenvalue weighted by molar-refractivity contribution is 1.50. The summed E-state index contributed by atoms with van der Waals surface area (Å²) in [6.45, 7) is 0. The van der Waals surface area contributed by atoms with E-state index in [9.17, 15) is 0 Å². The Labute approximate surface area is 79.2 Å². The molecule has 0 heterocycles. The molecule has 0 aliphatic heterocycles. The van der Waals surface area contributed by atoms with E-state index in [1.165, 1.54) is 0 Å². The molecule has 1 nitrogen and oxygen atoms in total. The van der Waals surface area contributed by atoms with Gasteiger partial charge in [-0.15, -0.1) is 6.42 Å². The summed E-state index contributed by atoms with van der Waals surface area (Å²) in [7, 11) is 1.89. The third kappa shape index (κ3) is 2.93. The van der Waals surface area contributed by atoms with Crippen molar-refractivity contribution in [3.63, 3.8) is 0 Å². The Bertz CT molecular complexity index is 357. The molecule has 1 aromatic carbocycles. The van der Waals surface area contributed by atoms with Crippen LogP contribution in [-0.4, -0.2) is 7.05 Å². The number of terminal acetylenes is 1. The maximum atomic E-state index is 5.08. The highest BCUT2D eigenvalue weighted by Gasteiger charge is 1.87. The fourth-order valence-electron chi connectivity index (χ4n) is 0.918. The summed E-state index contributed by atoms with van der Waals surface area (Å²) < 4.78 is 0. The average molecular weight is 169 g/mol. The first-order valence-electron chi connectivity index (χ1n) is 4.07. The summed E-state index contributed by atoms with van der Waals surface area (Å²) in [6.07, 6.45) is 5.58. The topological polar surface area (TPSA) is 12.0 Å². The standard InChI is InChI=1S/C12H11N/c1-3-4-5-6-11-7-9-12(13-2)10-8-11/h1,7-10,13H,4H2,2H3. The normalized spacial score (nSPS) is 8.00. The molecule has 0 amide bonds. The summed E-state index contributed by atoms with van der Waals surface area (Å²) in [5.41, 5.74) is 2.08. The van der Waals surface area contributed by atoms with Gasteiger partial charge in [-0.3, -0.25) is 0 Å². The molecule has 0 aromatic heterocycles. The SMILES string of the molecule is C#CCC#Cc1ccc(NC)cc1. The summed E-state index contributed by atoms with van der Waals surface area (Å²) in [5.74, 6) is 8.33. The zero-order valence-electron chi connectivity index (χ0n) is 7.59. The largest absolute Gasteiger partial charge is 0.388 e. The summed E-state index contributed by atoms with van der Waals surface area (Å²) in [4.78, 5) is 0. The Morgan fingerprint density at radius 1 is 1.31 bits per heavy atom. The molecule has 1 heteroatoms. The zero-order chi connectivity index (χ0) is 9.52. The van der Waals surface area contributed by atoms with Gasteiger partial charge in [-0.25, -0.2) is 0 Å². The minimum Gasteiger partial charge on any atom is -0.388 e. The van der Waals surface area contributed by atoms with Crippen molar-refractivity contribution in [3.8, 4) is 24.2 Å². The van der Waals surface area contributed by atoms with Crippen LogP contribution >= 0.6 is 0 Å². The molecule has 0 saturated carbocycles. The van der Waals surface area contributed by atoms with Crippen LogP contribution in [0.15, 0.2) is 24.3 Å². The fourth-order valence-corrected chi connectivity index (χ4v) is 0.918. The van der Waals surface area contributed by atoms with E-state index in [0.717, 1.165) is 11.3 Å². The predicted molar refractivity (Wildman–Crippen MR) is 56.3 cm³/mol. The Morgan fingerprint density at radius 3 is 2.54 bits per heavy atom.